The molecule has 1 aliphatic rings. The van der Waals surface area contributed by atoms with Crippen LogP contribution in [0.15, 0.2) is 16.7 Å². The van der Waals surface area contributed by atoms with Crippen molar-refractivity contribution >= 4 is 21.8 Å². The minimum Gasteiger partial charge on any atom is -0.356 e. The number of amides is 1. The number of halogens is 1. The predicted octanol–water partition coefficient (Wildman–Crippen LogP) is 2.29. The molecule has 2 rings (SSSR count). The summed E-state index contributed by atoms with van der Waals surface area (Å²) in [6.07, 6.45) is 4.17. The Morgan fingerprint density at radius 2 is 2.39 bits per heavy atom. The SMILES string of the molecule is CC1(C)CCCNC1CNC(=O)c1cc(Br)c[nH]1. The Morgan fingerprint density at radius 3 is 3.00 bits per heavy atom. The molecular weight excluding hydrogens is 294 g/mol. The summed E-state index contributed by atoms with van der Waals surface area (Å²) in [5.74, 6) is -0.0520. The number of piperidine rings is 1. The highest BCUT2D eigenvalue weighted by Crippen LogP contribution is 2.29. The molecule has 3 N–H and O–H groups in total. The molecule has 18 heavy (non-hydrogen) atoms. The first-order valence-corrected chi connectivity index (χ1v) is 7.14. The van der Waals surface area contributed by atoms with Crippen molar-refractivity contribution in [2.75, 3.05) is 13.1 Å². The molecule has 2 heterocycles. The average molecular weight is 314 g/mol. The fourth-order valence-electron chi connectivity index (χ4n) is 2.41. The zero-order valence-electron chi connectivity index (χ0n) is 10.8. The number of aromatic nitrogens is 1. The highest BCUT2D eigenvalue weighted by molar-refractivity contribution is 9.10. The minimum absolute atomic E-state index is 0.0520. The Hall–Kier alpha value is -0.810. The molecule has 1 aromatic heterocycles. The van der Waals surface area contributed by atoms with Crippen LogP contribution in [0, 0.1) is 5.41 Å². The first kappa shape index (κ1) is 13.6. The third-order valence-electron chi connectivity index (χ3n) is 3.69. The average Bonchev–Trinajstić information content (AvgIpc) is 2.73. The highest BCUT2D eigenvalue weighted by atomic mass is 79.9. The lowest BCUT2D eigenvalue weighted by atomic mass is 9.77. The largest absolute Gasteiger partial charge is 0.356 e. The zero-order valence-corrected chi connectivity index (χ0v) is 12.4. The van der Waals surface area contributed by atoms with Gasteiger partial charge in [-0.05, 0) is 46.8 Å². The molecule has 0 radical (unpaired) electrons. The van der Waals surface area contributed by atoms with Crippen molar-refractivity contribution in [2.45, 2.75) is 32.7 Å². The summed E-state index contributed by atoms with van der Waals surface area (Å²) in [6, 6.07) is 2.13. The Bertz CT molecular complexity index is 428. The number of aromatic amines is 1. The van der Waals surface area contributed by atoms with Gasteiger partial charge in [-0.25, -0.2) is 0 Å². The van der Waals surface area contributed by atoms with Crippen LogP contribution in [-0.2, 0) is 0 Å². The van der Waals surface area contributed by atoms with E-state index in [-0.39, 0.29) is 11.3 Å². The van der Waals surface area contributed by atoms with Crippen LogP contribution < -0.4 is 10.6 Å². The van der Waals surface area contributed by atoms with E-state index in [1.165, 1.54) is 12.8 Å². The fraction of sp³-hybridized carbons (Fsp3) is 0.615. The van der Waals surface area contributed by atoms with Crippen molar-refractivity contribution in [1.82, 2.24) is 15.6 Å². The molecule has 1 amide bonds. The first-order chi connectivity index (χ1) is 8.49. The molecule has 0 bridgehead atoms. The highest BCUT2D eigenvalue weighted by Gasteiger charge is 2.31. The van der Waals surface area contributed by atoms with Crippen molar-refractivity contribution in [3.63, 3.8) is 0 Å². The Balaban J connectivity index is 1.89. The fourth-order valence-corrected chi connectivity index (χ4v) is 2.75. The van der Waals surface area contributed by atoms with E-state index < -0.39 is 0 Å². The summed E-state index contributed by atoms with van der Waals surface area (Å²) < 4.78 is 0.892. The molecule has 1 unspecified atom stereocenters. The van der Waals surface area contributed by atoms with Crippen LogP contribution in [0.25, 0.3) is 0 Å². The normalized spacial score (nSPS) is 22.7. The van der Waals surface area contributed by atoms with Crippen LogP contribution in [0.1, 0.15) is 37.2 Å². The predicted molar refractivity (Wildman–Crippen MR) is 75.6 cm³/mol. The summed E-state index contributed by atoms with van der Waals surface area (Å²) in [7, 11) is 0. The maximum atomic E-state index is 11.9. The van der Waals surface area contributed by atoms with Gasteiger partial charge in [-0.15, -0.1) is 0 Å². The van der Waals surface area contributed by atoms with E-state index >= 15 is 0 Å². The second kappa shape index (κ2) is 5.45. The maximum absolute atomic E-state index is 11.9. The first-order valence-electron chi connectivity index (χ1n) is 6.34. The van der Waals surface area contributed by atoms with E-state index in [1.807, 2.05) is 0 Å². The summed E-state index contributed by atoms with van der Waals surface area (Å²) in [5.41, 5.74) is 0.831. The van der Waals surface area contributed by atoms with Gasteiger partial charge < -0.3 is 15.6 Å². The van der Waals surface area contributed by atoms with Crippen LogP contribution >= 0.6 is 15.9 Å². The van der Waals surface area contributed by atoms with E-state index in [2.05, 4.69) is 45.4 Å². The van der Waals surface area contributed by atoms with Gasteiger partial charge in [0, 0.05) is 23.3 Å². The molecule has 0 aliphatic carbocycles. The molecular formula is C13H20BrN3O. The van der Waals surface area contributed by atoms with Gasteiger partial charge in [0.05, 0.1) is 0 Å². The molecule has 0 aromatic carbocycles. The second-order valence-corrected chi connectivity index (χ2v) is 6.46. The lowest BCUT2D eigenvalue weighted by Gasteiger charge is -2.39. The number of hydrogen-bond donors (Lipinski definition) is 3. The minimum atomic E-state index is -0.0520. The van der Waals surface area contributed by atoms with Crippen LogP contribution in [0.2, 0.25) is 0 Å². The quantitative estimate of drug-likeness (QED) is 0.802. The second-order valence-electron chi connectivity index (χ2n) is 5.54. The van der Waals surface area contributed by atoms with Crippen molar-refractivity contribution in [1.29, 1.82) is 0 Å². The number of H-pyrrole nitrogens is 1. The van der Waals surface area contributed by atoms with E-state index in [1.54, 1.807) is 12.3 Å². The van der Waals surface area contributed by atoms with Crippen LogP contribution in [0.4, 0.5) is 0 Å². The van der Waals surface area contributed by atoms with Crippen molar-refractivity contribution in [3.05, 3.63) is 22.4 Å². The number of hydrogen-bond acceptors (Lipinski definition) is 2. The van der Waals surface area contributed by atoms with Gasteiger partial charge in [-0.2, -0.15) is 0 Å². The molecule has 1 saturated heterocycles. The summed E-state index contributed by atoms with van der Waals surface area (Å²) in [6.45, 7) is 6.21. The van der Waals surface area contributed by atoms with Gasteiger partial charge in [0.15, 0.2) is 0 Å². The molecule has 1 aromatic rings. The van der Waals surface area contributed by atoms with Gasteiger partial charge in [-0.3, -0.25) is 4.79 Å². The third-order valence-corrected chi connectivity index (χ3v) is 4.15. The van der Waals surface area contributed by atoms with E-state index in [0.29, 0.717) is 18.3 Å². The Labute approximate surface area is 116 Å². The van der Waals surface area contributed by atoms with Crippen molar-refractivity contribution < 1.29 is 4.79 Å². The Kier molecular flexibility index (Phi) is 4.12. The van der Waals surface area contributed by atoms with E-state index in [9.17, 15) is 4.79 Å². The maximum Gasteiger partial charge on any atom is 0.267 e. The molecule has 100 valence electrons. The van der Waals surface area contributed by atoms with Crippen LogP contribution in [-0.4, -0.2) is 30.0 Å². The van der Waals surface area contributed by atoms with Crippen molar-refractivity contribution in [3.8, 4) is 0 Å². The number of rotatable bonds is 3. The summed E-state index contributed by atoms with van der Waals surface area (Å²) in [5, 5.41) is 6.47. The molecule has 0 saturated carbocycles. The van der Waals surface area contributed by atoms with Gasteiger partial charge in [0.25, 0.3) is 5.91 Å². The standard InChI is InChI=1S/C13H20BrN3O/c1-13(2)4-3-5-15-11(13)8-17-12(18)10-6-9(14)7-16-10/h6-7,11,15-16H,3-5,8H2,1-2H3,(H,17,18). The lowest BCUT2D eigenvalue weighted by molar-refractivity contribution is 0.0924. The third kappa shape index (κ3) is 3.14. The smallest absolute Gasteiger partial charge is 0.267 e. The lowest BCUT2D eigenvalue weighted by Crippen LogP contribution is -2.52. The topological polar surface area (TPSA) is 56.9 Å². The molecule has 1 atom stereocenters. The zero-order chi connectivity index (χ0) is 13.2. The summed E-state index contributed by atoms with van der Waals surface area (Å²) >= 11 is 3.32. The number of nitrogens with one attached hydrogen (secondary N) is 3. The van der Waals surface area contributed by atoms with Gasteiger partial charge >= 0.3 is 0 Å². The van der Waals surface area contributed by atoms with Crippen molar-refractivity contribution in [2.24, 2.45) is 5.41 Å². The molecule has 5 heteroatoms. The van der Waals surface area contributed by atoms with E-state index in [4.69, 9.17) is 0 Å². The monoisotopic (exact) mass is 313 g/mol. The molecule has 0 spiro atoms. The Morgan fingerprint density at radius 1 is 1.61 bits per heavy atom. The van der Waals surface area contributed by atoms with Crippen LogP contribution in [0.3, 0.4) is 0 Å². The molecule has 1 fully saturated rings. The summed E-state index contributed by atoms with van der Waals surface area (Å²) in [4.78, 5) is 14.9. The molecule has 1 aliphatic heterocycles. The van der Waals surface area contributed by atoms with E-state index in [0.717, 1.165) is 11.0 Å². The van der Waals surface area contributed by atoms with Gasteiger partial charge in [-0.1, -0.05) is 13.8 Å². The molecule has 4 nitrogen and oxygen atoms in total. The van der Waals surface area contributed by atoms with Gasteiger partial charge in [0.2, 0.25) is 0 Å². The number of carbonyl (C=O) groups excluding carboxylic acids is 1. The number of carbonyl (C=O) groups is 1. The van der Waals surface area contributed by atoms with Gasteiger partial charge in [0.1, 0.15) is 5.69 Å². The van der Waals surface area contributed by atoms with Crippen LogP contribution in [0.5, 0.6) is 0 Å².